The number of phenolic OH excluding ortho intramolecular Hbond substituents is 1. The number of nitro benzene ring substituents is 2. The minimum Gasteiger partial charge on any atom is -0.504 e. The van der Waals surface area contributed by atoms with Crippen LogP contribution in [0.3, 0.4) is 0 Å². The summed E-state index contributed by atoms with van der Waals surface area (Å²) in [6.07, 6.45) is 0.779. The molecule has 0 aliphatic heterocycles. The summed E-state index contributed by atoms with van der Waals surface area (Å²) >= 11 is 0. The first kappa shape index (κ1) is 28.2. The van der Waals surface area contributed by atoms with Crippen LogP contribution >= 0.6 is 0 Å². The summed E-state index contributed by atoms with van der Waals surface area (Å²) in [6.45, 7) is 4.38. The van der Waals surface area contributed by atoms with Crippen molar-refractivity contribution in [1.29, 1.82) is 0 Å². The number of aldehydes is 2. The second-order valence-corrected chi connectivity index (χ2v) is 7.13. The van der Waals surface area contributed by atoms with E-state index in [1.165, 1.54) is 12.1 Å². The first-order valence-electron chi connectivity index (χ1n) is 10.9. The maximum atomic E-state index is 11.0. The molecular formula is C25H24N2O10. The number of hydrogen-bond acceptors (Lipinski definition) is 10. The highest BCUT2D eigenvalue weighted by molar-refractivity contribution is 5.84. The van der Waals surface area contributed by atoms with Crippen molar-refractivity contribution in [3.05, 3.63) is 91.5 Å². The van der Waals surface area contributed by atoms with Crippen molar-refractivity contribution in [2.24, 2.45) is 0 Å². The molecule has 0 bridgehead atoms. The number of aromatic hydroxyl groups is 1. The van der Waals surface area contributed by atoms with Gasteiger partial charge in [-0.1, -0.05) is 30.3 Å². The molecule has 0 amide bonds. The minimum atomic E-state index is -0.737. The lowest BCUT2D eigenvalue weighted by Crippen LogP contribution is -2.03. The first-order valence-corrected chi connectivity index (χ1v) is 10.9. The topological polar surface area (TPSA) is 168 Å². The molecule has 0 atom stereocenters. The summed E-state index contributed by atoms with van der Waals surface area (Å²) in [5.41, 5.74) is 0.0151. The first-order chi connectivity index (χ1) is 17.7. The Balaban J connectivity index is 0.000000281. The molecule has 0 saturated carbocycles. The highest BCUT2D eigenvalue weighted by atomic mass is 16.6. The Labute approximate surface area is 211 Å². The third-order valence-electron chi connectivity index (χ3n) is 4.69. The van der Waals surface area contributed by atoms with E-state index >= 15 is 0 Å². The van der Waals surface area contributed by atoms with E-state index in [1.54, 1.807) is 13.8 Å². The number of benzene rings is 3. The van der Waals surface area contributed by atoms with E-state index in [-0.39, 0.29) is 40.7 Å². The fourth-order valence-corrected chi connectivity index (χ4v) is 3.03. The van der Waals surface area contributed by atoms with Crippen molar-refractivity contribution in [1.82, 2.24) is 0 Å². The van der Waals surface area contributed by atoms with E-state index in [0.717, 1.165) is 17.7 Å². The number of nitrogens with zero attached hydrogens (tertiary/aromatic N) is 2. The van der Waals surface area contributed by atoms with Crippen molar-refractivity contribution in [2.45, 2.75) is 20.5 Å². The molecule has 0 saturated heterocycles. The second kappa shape index (κ2) is 13.8. The zero-order valence-electron chi connectivity index (χ0n) is 20.0. The van der Waals surface area contributed by atoms with Gasteiger partial charge in [-0.25, -0.2) is 0 Å². The molecule has 3 aromatic rings. The molecule has 3 aromatic carbocycles. The fraction of sp³-hybridized carbons (Fsp3) is 0.200. The van der Waals surface area contributed by atoms with Crippen LogP contribution in [0.4, 0.5) is 11.4 Å². The van der Waals surface area contributed by atoms with Crippen LogP contribution in [-0.4, -0.2) is 40.7 Å². The summed E-state index contributed by atoms with van der Waals surface area (Å²) in [6, 6.07) is 14.0. The lowest BCUT2D eigenvalue weighted by Gasteiger charge is -2.12. The van der Waals surface area contributed by atoms with Gasteiger partial charge in [0.15, 0.2) is 35.6 Å². The molecule has 0 unspecified atom stereocenters. The van der Waals surface area contributed by atoms with Crippen molar-refractivity contribution in [3.63, 3.8) is 0 Å². The molecule has 37 heavy (non-hydrogen) atoms. The molecule has 0 spiro atoms. The van der Waals surface area contributed by atoms with Crippen molar-refractivity contribution >= 4 is 23.9 Å². The number of ether oxygens (including phenoxy) is 3. The summed E-state index contributed by atoms with van der Waals surface area (Å²) in [7, 11) is 0. The second-order valence-electron chi connectivity index (χ2n) is 7.13. The summed E-state index contributed by atoms with van der Waals surface area (Å²) < 4.78 is 16.0. The van der Waals surface area contributed by atoms with Crippen LogP contribution in [0.1, 0.15) is 40.1 Å². The van der Waals surface area contributed by atoms with Crippen molar-refractivity contribution < 1.29 is 38.8 Å². The Morgan fingerprint density at radius 3 is 1.76 bits per heavy atom. The van der Waals surface area contributed by atoms with Gasteiger partial charge in [-0.2, -0.15) is 0 Å². The van der Waals surface area contributed by atoms with Crippen LogP contribution in [0.2, 0.25) is 0 Å². The predicted octanol–water partition coefficient (Wildman–Crippen LogP) is 4.90. The minimum absolute atomic E-state index is 0.0412. The largest absolute Gasteiger partial charge is 0.504 e. The average molecular weight is 512 g/mol. The van der Waals surface area contributed by atoms with Crippen LogP contribution in [-0.2, 0) is 6.61 Å². The summed E-state index contributed by atoms with van der Waals surface area (Å²) in [5.74, 6) is 0.258. The van der Waals surface area contributed by atoms with Gasteiger partial charge < -0.3 is 19.3 Å². The smallest absolute Gasteiger partial charge is 0.283 e. The Morgan fingerprint density at radius 2 is 1.24 bits per heavy atom. The molecule has 0 aromatic heterocycles. The molecule has 0 aliphatic rings. The number of phenols is 1. The monoisotopic (exact) mass is 512 g/mol. The highest BCUT2D eigenvalue weighted by Gasteiger charge is 2.20. The van der Waals surface area contributed by atoms with Crippen molar-refractivity contribution in [3.8, 4) is 23.0 Å². The van der Waals surface area contributed by atoms with Crippen LogP contribution in [0.25, 0.3) is 0 Å². The zero-order valence-corrected chi connectivity index (χ0v) is 20.0. The maximum Gasteiger partial charge on any atom is 0.283 e. The third kappa shape index (κ3) is 7.75. The predicted molar refractivity (Wildman–Crippen MR) is 132 cm³/mol. The fourth-order valence-electron chi connectivity index (χ4n) is 3.03. The number of rotatable bonds is 11. The molecule has 0 fully saturated rings. The number of nitro groups is 2. The van der Waals surface area contributed by atoms with Gasteiger partial charge >= 0.3 is 0 Å². The van der Waals surface area contributed by atoms with Crippen LogP contribution in [0.15, 0.2) is 54.6 Å². The van der Waals surface area contributed by atoms with Gasteiger partial charge in [0.25, 0.3) is 11.4 Å². The molecule has 1 N–H and O–H groups in total. The van der Waals surface area contributed by atoms with E-state index < -0.39 is 15.5 Å². The lowest BCUT2D eigenvalue weighted by molar-refractivity contribution is -0.385. The third-order valence-corrected chi connectivity index (χ3v) is 4.69. The lowest BCUT2D eigenvalue weighted by atomic mass is 10.1. The van der Waals surface area contributed by atoms with Gasteiger partial charge in [0.2, 0.25) is 0 Å². The molecule has 194 valence electrons. The zero-order chi connectivity index (χ0) is 27.4. The average Bonchev–Trinajstić information content (AvgIpc) is 2.89. The highest BCUT2D eigenvalue weighted by Crippen LogP contribution is 2.35. The molecule has 3 rings (SSSR count). The van der Waals surface area contributed by atoms with E-state index in [0.29, 0.717) is 31.5 Å². The van der Waals surface area contributed by atoms with Gasteiger partial charge in [-0.3, -0.25) is 29.8 Å². The summed E-state index contributed by atoms with van der Waals surface area (Å²) in [4.78, 5) is 41.7. The van der Waals surface area contributed by atoms with Gasteiger partial charge in [-0.15, -0.1) is 0 Å². The Morgan fingerprint density at radius 1 is 0.757 bits per heavy atom. The quantitative estimate of drug-likeness (QED) is 0.212. The van der Waals surface area contributed by atoms with Crippen LogP contribution in [0.5, 0.6) is 23.0 Å². The number of carbonyl (C=O) groups is 2. The SMILES string of the molecule is CCOc1cc(C=O)c([N+](=O)[O-])cc1O.CCOc1cc(C=O)c([N+](=O)[O-])cc1OCc1ccccc1. The van der Waals surface area contributed by atoms with Gasteiger partial charge in [-0.05, 0) is 19.4 Å². The van der Waals surface area contributed by atoms with Gasteiger partial charge in [0.05, 0.1) is 46.3 Å². The molecule has 0 radical (unpaired) electrons. The standard InChI is InChI=1S/C16H15NO5.C9H9NO5/c1-2-21-15-8-13(10-18)14(17(19)20)9-16(15)22-11-12-6-4-3-5-7-12;1-2-15-9-3-6(5-11)7(10(13)14)4-8(9)12/h3-10H,2,11H2,1H3;3-5,12H,2H2,1H3. The van der Waals surface area contributed by atoms with Crippen molar-refractivity contribution in [2.75, 3.05) is 13.2 Å². The van der Waals surface area contributed by atoms with E-state index in [1.807, 2.05) is 30.3 Å². The molecule has 0 heterocycles. The molecule has 0 aliphatic carbocycles. The van der Waals surface area contributed by atoms with Gasteiger partial charge in [0.1, 0.15) is 6.61 Å². The normalized spacial score (nSPS) is 9.89. The Hall–Kier alpha value is -5.00. The van der Waals surface area contributed by atoms with Crippen LogP contribution in [0, 0.1) is 20.2 Å². The molecular weight excluding hydrogens is 488 g/mol. The Kier molecular flexibility index (Phi) is 10.5. The Bertz CT molecular complexity index is 1260. The molecule has 12 heteroatoms. The number of hydrogen-bond donors (Lipinski definition) is 1. The maximum absolute atomic E-state index is 11.0. The summed E-state index contributed by atoms with van der Waals surface area (Å²) in [5, 5.41) is 30.9. The number of carbonyl (C=O) groups excluding carboxylic acids is 2. The van der Waals surface area contributed by atoms with Crippen LogP contribution < -0.4 is 14.2 Å². The van der Waals surface area contributed by atoms with E-state index in [9.17, 15) is 34.9 Å². The van der Waals surface area contributed by atoms with E-state index in [2.05, 4.69) is 0 Å². The molecule has 12 nitrogen and oxygen atoms in total. The van der Waals surface area contributed by atoms with Gasteiger partial charge in [0, 0.05) is 12.1 Å². The van der Waals surface area contributed by atoms with E-state index in [4.69, 9.17) is 14.2 Å².